The summed E-state index contributed by atoms with van der Waals surface area (Å²) in [4.78, 5) is 22.6. The summed E-state index contributed by atoms with van der Waals surface area (Å²) >= 11 is 0. The van der Waals surface area contributed by atoms with E-state index in [0.29, 0.717) is 0 Å². The van der Waals surface area contributed by atoms with Crippen LogP contribution in [0.5, 0.6) is 0 Å². The van der Waals surface area contributed by atoms with Crippen LogP contribution in [0.4, 0.5) is 4.79 Å². The molecule has 0 heterocycles. The maximum absolute atomic E-state index is 11.4. The lowest BCUT2D eigenvalue weighted by Crippen LogP contribution is -2.44. The molecule has 0 rings (SSSR count). The summed E-state index contributed by atoms with van der Waals surface area (Å²) in [6.45, 7) is 10.4. The predicted molar refractivity (Wildman–Crippen MR) is 59.8 cm³/mol. The largest absolute Gasteiger partial charge is 0.516 e. The van der Waals surface area contributed by atoms with Crippen LogP contribution >= 0.6 is 0 Å². The highest BCUT2D eigenvalue weighted by Crippen LogP contribution is 2.18. The molecule has 16 heavy (non-hydrogen) atoms. The topological polar surface area (TPSA) is 78.6 Å². The minimum absolute atomic E-state index is 0.459. The Morgan fingerprint density at radius 3 is 1.81 bits per heavy atom. The van der Waals surface area contributed by atoms with Crippen molar-refractivity contribution in [3.63, 3.8) is 0 Å². The fourth-order valence-electron chi connectivity index (χ4n) is 0.770. The van der Waals surface area contributed by atoms with Crippen molar-refractivity contribution in [3.05, 3.63) is 0 Å². The molecule has 0 aromatic heterocycles. The molecule has 0 spiro atoms. The number of nitrogens with two attached hydrogens (primary N) is 1. The van der Waals surface area contributed by atoms with E-state index in [0.717, 1.165) is 0 Å². The summed E-state index contributed by atoms with van der Waals surface area (Å²) in [7, 11) is 0. The first kappa shape index (κ1) is 14.9. The average Bonchev–Trinajstić information content (AvgIpc) is 1.96. The van der Waals surface area contributed by atoms with Crippen LogP contribution in [0.1, 0.15) is 41.5 Å². The summed E-state index contributed by atoms with van der Waals surface area (Å²) < 4.78 is 9.32. The molecule has 0 amide bonds. The Hall–Kier alpha value is -1.10. The van der Waals surface area contributed by atoms with Crippen molar-refractivity contribution in [2.45, 2.75) is 53.2 Å². The van der Waals surface area contributed by atoms with Gasteiger partial charge in [0.2, 0.25) is 0 Å². The Balaban J connectivity index is 4.32. The van der Waals surface area contributed by atoms with Crippen molar-refractivity contribution in [2.75, 3.05) is 0 Å². The van der Waals surface area contributed by atoms with Gasteiger partial charge in [-0.2, -0.15) is 0 Å². The van der Waals surface area contributed by atoms with Crippen LogP contribution in [0.25, 0.3) is 0 Å². The van der Waals surface area contributed by atoms with Crippen molar-refractivity contribution < 1.29 is 19.1 Å². The van der Waals surface area contributed by atoms with Crippen molar-refractivity contribution in [1.29, 1.82) is 0 Å². The van der Waals surface area contributed by atoms with Crippen LogP contribution in [0.2, 0.25) is 0 Å². The Labute approximate surface area is 96.3 Å². The molecular weight excluding hydrogens is 210 g/mol. The van der Waals surface area contributed by atoms with Crippen LogP contribution in [0, 0.1) is 5.41 Å². The number of ether oxygens (including phenoxy) is 2. The van der Waals surface area contributed by atoms with Crippen molar-refractivity contribution in [2.24, 2.45) is 11.1 Å². The van der Waals surface area contributed by atoms with E-state index >= 15 is 0 Å². The molecule has 0 aliphatic rings. The molecule has 1 atom stereocenters. The predicted octanol–water partition coefficient (Wildman–Crippen LogP) is 1.84. The lowest BCUT2D eigenvalue weighted by atomic mass is 9.87. The van der Waals surface area contributed by atoms with Gasteiger partial charge in [-0.05, 0) is 26.2 Å². The molecule has 2 N–H and O–H groups in total. The van der Waals surface area contributed by atoms with Gasteiger partial charge in [0.15, 0.2) is 0 Å². The zero-order chi connectivity index (χ0) is 13.1. The standard InChI is InChI=1S/C11H21NO4/c1-10(2,3)7(12)8(13)15-9(14)16-11(4,5)6/h7H,12H2,1-6H3. The molecular formula is C11H21NO4. The average molecular weight is 231 g/mol. The summed E-state index contributed by atoms with van der Waals surface area (Å²) in [5.41, 5.74) is 4.47. The molecule has 0 saturated carbocycles. The molecule has 0 aliphatic carbocycles. The molecule has 0 aromatic carbocycles. The molecule has 5 nitrogen and oxygen atoms in total. The number of hydrogen-bond acceptors (Lipinski definition) is 5. The van der Waals surface area contributed by atoms with Crippen LogP contribution in [0.3, 0.4) is 0 Å². The van der Waals surface area contributed by atoms with Gasteiger partial charge in [-0.15, -0.1) is 0 Å². The van der Waals surface area contributed by atoms with Crippen LogP contribution in [-0.4, -0.2) is 23.8 Å². The maximum atomic E-state index is 11.4. The Morgan fingerprint density at radius 2 is 1.50 bits per heavy atom. The van der Waals surface area contributed by atoms with Crippen molar-refractivity contribution in [3.8, 4) is 0 Å². The van der Waals surface area contributed by atoms with Crippen LogP contribution in [-0.2, 0) is 14.3 Å². The molecule has 5 heteroatoms. The van der Waals surface area contributed by atoms with E-state index in [9.17, 15) is 9.59 Å². The maximum Gasteiger partial charge on any atom is 0.516 e. The van der Waals surface area contributed by atoms with Gasteiger partial charge in [-0.1, -0.05) is 20.8 Å². The minimum atomic E-state index is -1.02. The lowest BCUT2D eigenvalue weighted by Gasteiger charge is -2.25. The second kappa shape index (κ2) is 4.82. The zero-order valence-electron chi connectivity index (χ0n) is 10.8. The number of carbonyl (C=O) groups is 2. The van der Waals surface area contributed by atoms with E-state index in [1.807, 2.05) is 0 Å². The molecule has 0 aromatic rings. The third-order valence-corrected chi connectivity index (χ3v) is 1.76. The minimum Gasteiger partial charge on any atom is -0.428 e. The molecule has 0 saturated heterocycles. The van der Waals surface area contributed by atoms with Gasteiger partial charge < -0.3 is 15.2 Å². The fraction of sp³-hybridized carbons (Fsp3) is 0.818. The van der Waals surface area contributed by atoms with E-state index in [1.54, 1.807) is 41.5 Å². The van der Waals surface area contributed by atoms with E-state index in [-0.39, 0.29) is 0 Å². The number of esters is 1. The summed E-state index contributed by atoms with van der Waals surface area (Å²) in [6, 6.07) is -0.861. The Kier molecular flexibility index (Phi) is 4.49. The van der Waals surface area contributed by atoms with Crippen LogP contribution in [0.15, 0.2) is 0 Å². The van der Waals surface area contributed by atoms with Gasteiger partial charge in [0.05, 0.1) is 0 Å². The van der Waals surface area contributed by atoms with Gasteiger partial charge in [-0.3, -0.25) is 0 Å². The van der Waals surface area contributed by atoms with E-state index < -0.39 is 29.2 Å². The Bertz CT molecular complexity index is 273. The highest BCUT2D eigenvalue weighted by atomic mass is 16.7. The quantitative estimate of drug-likeness (QED) is 0.550. The SMILES string of the molecule is CC(C)(C)OC(=O)OC(=O)C(N)C(C)(C)C. The van der Waals surface area contributed by atoms with Gasteiger partial charge in [0, 0.05) is 0 Å². The highest BCUT2D eigenvalue weighted by Gasteiger charge is 2.31. The van der Waals surface area contributed by atoms with Gasteiger partial charge in [-0.25, -0.2) is 9.59 Å². The normalized spacial score (nSPS) is 14.2. The second-order valence-corrected chi connectivity index (χ2v) is 5.73. The number of hydrogen-bond donors (Lipinski definition) is 1. The second-order valence-electron chi connectivity index (χ2n) is 5.73. The molecule has 0 fully saturated rings. The van der Waals surface area contributed by atoms with Crippen molar-refractivity contribution >= 4 is 12.1 Å². The first-order valence-corrected chi connectivity index (χ1v) is 5.14. The molecule has 1 unspecified atom stereocenters. The first-order chi connectivity index (χ1) is 6.93. The summed E-state index contributed by atoms with van der Waals surface area (Å²) in [5.74, 6) is -0.776. The zero-order valence-corrected chi connectivity index (χ0v) is 10.8. The van der Waals surface area contributed by atoms with E-state index in [2.05, 4.69) is 4.74 Å². The van der Waals surface area contributed by atoms with Gasteiger partial charge in [0.1, 0.15) is 11.6 Å². The number of rotatable bonds is 1. The van der Waals surface area contributed by atoms with Crippen molar-refractivity contribution in [1.82, 2.24) is 0 Å². The summed E-state index contributed by atoms with van der Waals surface area (Å²) in [6.07, 6.45) is -1.02. The summed E-state index contributed by atoms with van der Waals surface area (Å²) in [5, 5.41) is 0. The highest BCUT2D eigenvalue weighted by molar-refractivity contribution is 5.86. The lowest BCUT2D eigenvalue weighted by molar-refractivity contribution is -0.145. The molecule has 94 valence electrons. The van der Waals surface area contributed by atoms with E-state index in [1.165, 1.54) is 0 Å². The Morgan fingerprint density at radius 1 is 1.06 bits per heavy atom. The third kappa shape index (κ3) is 5.70. The molecule has 0 aliphatic heterocycles. The van der Waals surface area contributed by atoms with Gasteiger partial charge >= 0.3 is 12.1 Å². The van der Waals surface area contributed by atoms with Gasteiger partial charge in [0.25, 0.3) is 0 Å². The number of carbonyl (C=O) groups excluding carboxylic acids is 2. The van der Waals surface area contributed by atoms with E-state index in [4.69, 9.17) is 10.5 Å². The first-order valence-electron chi connectivity index (χ1n) is 5.14. The third-order valence-electron chi connectivity index (χ3n) is 1.76. The van der Waals surface area contributed by atoms with Crippen LogP contribution < -0.4 is 5.73 Å². The monoisotopic (exact) mass is 231 g/mol. The smallest absolute Gasteiger partial charge is 0.428 e. The molecule has 0 bridgehead atoms. The molecule has 0 radical (unpaired) electrons. The fourth-order valence-corrected chi connectivity index (χ4v) is 0.770.